The van der Waals surface area contributed by atoms with E-state index in [4.69, 9.17) is 10.5 Å². The van der Waals surface area contributed by atoms with Gasteiger partial charge in [0.15, 0.2) is 11.6 Å². The molecule has 0 aliphatic rings. The first-order valence-electron chi connectivity index (χ1n) is 5.33. The van der Waals surface area contributed by atoms with Crippen molar-refractivity contribution in [2.45, 2.75) is 27.2 Å². The smallest absolute Gasteiger partial charge is 0.233 e. The van der Waals surface area contributed by atoms with Crippen molar-refractivity contribution in [1.82, 2.24) is 15.0 Å². The highest BCUT2D eigenvalue weighted by molar-refractivity contribution is 7.11. The van der Waals surface area contributed by atoms with Crippen LogP contribution in [0.2, 0.25) is 0 Å². The van der Waals surface area contributed by atoms with Gasteiger partial charge in [-0.2, -0.15) is 0 Å². The molecular weight excluding hydrogens is 236 g/mol. The van der Waals surface area contributed by atoms with Gasteiger partial charge in [0.25, 0.3) is 0 Å². The van der Waals surface area contributed by atoms with Crippen molar-refractivity contribution in [2.24, 2.45) is 0 Å². The number of nitrogens with zero attached hydrogens (tertiary/aromatic N) is 3. The molecule has 6 heteroatoms. The quantitative estimate of drug-likeness (QED) is 0.905. The summed E-state index contributed by atoms with van der Waals surface area (Å²) in [4.78, 5) is 13.5. The molecule has 0 aromatic carbocycles. The zero-order valence-electron chi connectivity index (χ0n) is 10.0. The Labute approximate surface area is 104 Å². The largest absolute Gasteiger partial charge is 0.432 e. The summed E-state index contributed by atoms with van der Waals surface area (Å²) >= 11 is 1.62. The second-order valence-corrected chi connectivity index (χ2v) is 4.87. The highest BCUT2D eigenvalue weighted by atomic mass is 32.1. The predicted octanol–water partition coefficient (Wildman–Crippen LogP) is 2.49. The minimum absolute atomic E-state index is 0.338. The van der Waals surface area contributed by atoms with Crippen molar-refractivity contribution in [2.75, 3.05) is 5.73 Å². The molecule has 90 valence electrons. The normalized spacial score (nSPS) is 10.5. The lowest BCUT2D eigenvalue weighted by molar-refractivity contribution is 0.458. The summed E-state index contributed by atoms with van der Waals surface area (Å²) < 4.78 is 5.66. The standard InChI is InChI=1S/C11H14N4OS/c1-4-9-11(15-7(3)17-9)16-8-5-13-6(2)14-10(8)12/h5H,4H2,1-3H3,(H2,12,13,14). The third-order valence-corrected chi connectivity index (χ3v) is 3.30. The molecule has 0 saturated heterocycles. The SMILES string of the molecule is CCc1sc(C)nc1Oc1cnc(C)nc1N. The van der Waals surface area contributed by atoms with E-state index in [9.17, 15) is 0 Å². The summed E-state index contributed by atoms with van der Waals surface area (Å²) in [6.07, 6.45) is 2.46. The molecule has 2 aromatic heterocycles. The molecule has 0 amide bonds. The second-order valence-electron chi connectivity index (χ2n) is 3.58. The Morgan fingerprint density at radius 3 is 2.76 bits per heavy atom. The maximum absolute atomic E-state index is 5.77. The zero-order valence-corrected chi connectivity index (χ0v) is 10.8. The topological polar surface area (TPSA) is 73.9 Å². The van der Waals surface area contributed by atoms with Crippen LogP contribution in [0, 0.1) is 13.8 Å². The monoisotopic (exact) mass is 250 g/mol. The Kier molecular flexibility index (Phi) is 3.23. The number of aryl methyl sites for hydroxylation is 3. The number of thiazole rings is 1. The van der Waals surface area contributed by atoms with E-state index in [2.05, 4.69) is 21.9 Å². The minimum Gasteiger partial charge on any atom is -0.432 e. The molecule has 2 N–H and O–H groups in total. The molecule has 0 radical (unpaired) electrons. The second kappa shape index (κ2) is 4.67. The molecular formula is C11H14N4OS. The molecule has 0 saturated carbocycles. The fourth-order valence-corrected chi connectivity index (χ4v) is 2.22. The maximum Gasteiger partial charge on any atom is 0.233 e. The summed E-state index contributed by atoms with van der Waals surface area (Å²) in [5, 5.41) is 0.975. The van der Waals surface area contributed by atoms with E-state index in [0.29, 0.717) is 23.3 Å². The molecule has 0 fully saturated rings. The molecule has 0 atom stereocenters. The van der Waals surface area contributed by atoms with Crippen LogP contribution in [0.1, 0.15) is 22.6 Å². The van der Waals surface area contributed by atoms with Gasteiger partial charge < -0.3 is 10.5 Å². The van der Waals surface area contributed by atoms with E-state index in [-0.39, 0.29) is 0 Å². The van der Waals surface area contributed by atoms with Crippen LogP contribution in [-0.2, 0) is 6.42 Å². The highest BCUT2D eigenvalue weighted by Gasteiger charge is 2.12. The Balaban J connectivity index is 2.30. The van der Waals surface area contributed by atoms with Gasteiger partial charge in [0.2, 0.25) is 5.88 Å². The van der Waals surface area contributed by atoms with Crippen molar-refractivity contribution in [3.05, 3.63) is 21.9 Å². The molecule has 2 heterocycles. The molecule has 2 aromatic rings. The lowest BCUT2D eigenvalue weighted by Gasteiger charge is -2.06. The van der Waals surface area contributed by atoms with Crippen LogP contribution in [-0.4, -0.2) is 15.0 Å². The molecule has 2 rings (SSSR count). The number of nitrogens with two attached hydrogens (primary N) is 1. The van der Waals surface area contributed by atoms with E-state index in [1.165, 1.54) is 0 Å². The first kappa shape index (κ1) is 11.8. The first-order chi connectivity index (χ1) is 8.10. The summed E-state index contributed by atoms with van der Waals surface area (Å²) in [6.45, 7) is 5.80. The maximum atomic E-state index is 5.77. The number of anilines is 1. The van der Waals surface area contributed by atoms with Crippen molar-refractivity contribution in [3.8, 4) is 11.6 Å². The zero-order chi connectivity index (χ0) is 12.4. The molecule has 0 aliphatic carbocycles. The van der Waals surface area contributed by atoms with E-state index >= 15 is 0 Å². The average molecular weight is 250 g/mol. The molecule has 0 aliphatic heterocycles. The summed E-state index contributed by atoms with van der Waals surface area (Å²) in [5.74, 6) is 2.02. The van der Waals surface area contributed by atoms with Crippen molar-refractivity contribution < 1.29 is 4.74 Å². The Morgan fingerprint density at radius 2 is 2.12 bits per heavy atom. The van der Waals surface area contributed by atoms with E-state index in [1.807, 2.05) is 6.92 Å². The van der Waals surface area contributed by atoms with Crippen LogP contribution in [0.3, 0.4) is 0 Å². The van der Waals surface area contributed by atoms with Gasteiger partial charge in [0.1, 0.15) is 5.82 Å². The van der Waals surface area contributed by atoms with Gasteiger partial charge in [-0.05, 0) is 20.3 Å². The lowest BCUT2D eigenvalue weighted by atomic mass is 10.4. The van der Waals surface area contributed by atoms with Crippen molar-refractivity contribution >= 4 is 17.2 Å². The van der Waals surface area contributed by atoms with Crippen LogP contribution < -0.4 is 10.5 Å². The molecule has 17 heavy (non-hydrogen) atoms. The number of hydrogen-bond donors (Lipinski definition) is 1. The van der Waals surface area contributed by atoms with Crippen molar-refractivity contribution in [1.29, 1.82) is 0 Å². The third kappa shape index (κ3) is 2.52. The molecule has 0 bridgehead atoms. The van der Waals surface area contributed by atoms with E-state index < -0.39 is 0 Å². The van der Waals surface area contributed by atoms with Crippen LogP contribution in [0.15, 0.2) is 6.20 Å². The minimum atomic E-state index is 0.338. The third-order valence-electron chi connectivity index (χ3n) is 2.20. The number of ether oxygens (including phenoxy) is 1. The Hall–Kier alpha value is -1.69. The van der Waals surface area contributed by atoms with Crippen LogP contribution in [0.5, 0.6) is 11.6 Å². The van der Waals surface area contributed by atoms with Gasteiger partial charge in [0, 0.05) is 0 Å². The van der Waals surface area contributed by atoms with Gasteiger partial charge in [0.05, 0.1) is 16.1 Å². The summed E-state index contributed by atoms with van der Waals surface area (Å²) in [7, 11) is 0. The van der Waals surface area contributed by atoms with Gasteiger partial charge >= 0.3 is 0 Å². The van der Waals surface area contributed by atoms with Crippen LogP contribution in [0.4, 0.5) is 5.82 Å². The molecule has 0 unspecified atom stereocenters. The van der Waals surface area contributed by atoms with Crippen molar-refractivity contribution in [3.63, 3.8) is 0 Å². The Bertz CT molecular complexity index is 538. The number of hydrogen-bond acceptors (Lipinski definition) is 6. The summed E-state index contributed by atoms with van der Waals surface area (Å²) in [6, 6.07) is 0. The number of rotatable bonds is 3. The predicted molar refractivity (Wildman–Crippen MR) is 67.5 cm³/mol. The lowest BCUT2D eigenvalue weighted by Crippen LogP contribution is -1.99. The molecule has 5 nitrogen and oxygen atoms in total. The number of aromatic nitrogens is 3. The average Bonchev–Trinajstić information content (AvgIpc) is 2.63. The molecule has 0 spiro atoms. The fourth-order valence-electron chi connectivity index (χ4n) is 1.41. The summed E-state index contributed by atoms with van der Waals surface area (Å²) in [5.41, 5.74) is 5.77. The van der Waals surface area contributed by atoms with E-state index in [0.717, 1.165) is 16.3 Å². The van der Waals surface area contributed by atoms with Crippen LogP contribution >= 0.6 is 11.3 Å². The van der Waals surface area contributed by atoms with E-state index in [1.54, 1.807) is 24.5 Å². The first-order valence-corrected chi connectivity index (χ1v) is 6.15. The van der Waals surface area contributed by atoms with Gasteiger partial charge in [-0.15, -0.1) is 11.3 Å². The number of nitrogen functional groups attached to an aromatic ring is 1. The Morgan fingerprint density at radius 1 is 1.35 bits per heavy atom. The fraction of sp³-hybridized carbons (Fsp3) is 0.364. The van der Waals surface area contributed by atoms with Gasteiger partial charge in [-0.25, -0.2) is 15.0 Å². The van der Waals surface area contributed by atoms with Gasteiger partial charge in [-0.3, -0.25) is 0 Å². The highest BCUT2D eigenvalue weighted by Crippen LogP contribution is 2.31. The van der Waals surface area contributed by atoms with Gasteiger partial charge in [-0.1, -0.05) is 6.92 Å². The van der Waals surface area contributed by atoms with Crippen LogP contribution in [0.25, 0.3) is 0 Å².